The van der Waals surface area contributed by atoms with Crippen molar-refractivity contribution in [2.45, 2.75) is 13.8 Å². The first-order valence-electron chi connectivity index (χ1n) is 6.14. The van der Waals surface area contributed by atoms with E-state index in [1.807, 2.05) is 18.2 Å². The Labute approximate surface area is 112 Å². The van der Waals surface area contributed by atoms with Gasteiger partial charge in [-0.15, -0.1) is 0 Å². The van der Waals surface area contributed by atoms with Crippen LogP contribution in [0.1, 0.15) is 19.4 Å². The molecule has 7 heteroatoms. The zero-order valence-corrected chi connectivity index (χ0v) is 11.9. The van der Waals surface area contributed by atoms with Crippen LogP contribution < -0.4 is 0 Å². The van der Waals surface area contributed by atoms with E-state index >= 15 is 0 Å². The molecule has 0 spiro atoms. The molecule has 1 aliphatic rings. The maximum atomic E-state index is 12.7. The molecule has 2 heterocycles. The van der Waals surface area contributed by atoms with Crippen LogP contribution >= 0.6 is 7.75 Å². The van der Waals surface area contributed by atoms with Gasteiger partial charge in [-0.1, -0.05) is 0 Å². The Morgan fingerprint density at radius 1 is 1.32 bits per heavy atom. The summed E-state index contributed by atoms with van der Waals surface area (Å²) in [5, 5.41) is 0. The molecule has 0 saturated heterocycles. The minimum Gasteiger partial charge on any atom is -0.291 e. The molecule has 0 unspecified atom stereocenters. The third-order valence-electron chi connectivity index (χ3n) is 2.46. The maximum Gasteiger partial charge on any atom is 0.458 e. The predicted molar refractivity (Wildman–Crippen MR) is 70.9 cm³/mol. The van der Waals surface area contributed by atoms with Gasteiger partial charge in [-0.25, -0.2) is 4.57 Å². The third-order valence-corrected chi connectivity index (χ3v) is 4.41. The Morgan fingerprint density at radius 3 is 2.53 bits per heavy atom. The molecule has 1 aromatic rings. The molecule has 0 amide bonds. The summed E-state index contributed by atoms with van der Waals surface area (Å²) in [4.78, 5) is 10.6. The molecule has 0 N–H and O–H groups in total. The second-order valence-electron chi connectivity index (χ2n) is 3.70. The monoisotopic (exact) mass is 284 g/mol. The Hall–Kier alpha value is -1.20. The largest absolute Gasteiger partial charge is 0.458 e. The second kappa shape index (κ2) is 6.30. The van der Waals surface area contributed by atoms with Crippen molar-refractivity contribution >= 4 is 13.4 Å². The summed E-state index contributed by atoms with van der Waals surface area (Å²) < 4.78 is 23.3. The highest BCUT2D eigenvalue weighted by Gasteiger charge is 2.39. The van der Waals surface area contributed by atoms with Crippen LogP contribution in [0.25, 0.3) is 5.70 Å². The molecule has 0 atom stereocenters. The van der Waals surface area contributed by atoms with Gasteiger partial charge in [0.2, 0.25) is 0 Å². The first-order valence-corrected chi connectivity index (χ1v) is 7.64. The zero-order valence-electron chi connectivity index (χ0n) is 11.0. The lowest BCUT2D eigenvalue weighted by molar-refractivity contribution is -0.0373. The smallest absolute Gasteiger partial charge is 0.291 e. The van der Waals surface area contributed by atoms with Gasteiger partial charge in [0.05, 0.1) is 25.5 Å². The van der Waals surface area contributed by atoms with Crippen molar-refractivity contribution in [3.63, 3.8) is 0 Å². The van der Waals surface area contributed by atoms with E-state index in [1.54, 1.807) is 26.2 Å². The summed E-state index contributed by atoms with van der Waals surface area (Å²) in [6.07, 6.45) is 5.16. The fraction of sp³-hybridized carbons (Fsp3) is 0.417. The summed E-state index contributed by atoms with van der Waals surface area (Å²) in [5.41, 5.74) is 1.53. The highest BCUT2D eigenvalue weighted by molar-refractivity contribution is 7.51. The molecule has 0 fully saturated rings. The van der Waals surface area contributed by atoms with Crippen LogP contribution in [-0.2, 0) is 18.5 Å². The Morgan fingerprint density at radius 2 is 1.95 bits per heavy atom. The van der Waals surface area contributed by atoms with Crippen LogP contribution in [-0.4, -0.2) is 29.6 Å². The van der Waals surface area contributed by atoms with Crippen molar-refractivity contribution in [1.29, 1.82) is 0 Å². The lowest BCUT2D eigenvalue weighted by Gasteiger charge is -2.28. The number of nitrogens with zero attached hydrogens (tertiary/aromatic N) is 2. The molecule has 0 bridgehead atoms. The lowest BCUT2D eigenvalue weighted by Crippen LogP contribution is -2.18. The number of hydrogen-bond donors (Lipinski definition) is 0. The topological polar surface area (TPSA) is 60.9 Å². The van der Waals surface area contributed by atoms with Crippen LogP contribution in [0.5, 0.6) is 0 Å². The first kappa shape index (κ1) is 14.2. The summed E-state index contributed by atoms with van der Waals surface area (Å²) in [5.74, 6) is 0. The summed E-state index contributed by atoms with van der Waals surface area (Å²) >= 11 is 0. The molecule has 1 aromatic heterocycles. The average molecular weight is 284 g/mol. The summed E-state index contributed by atoms with van der Waals surface area (Å²) in [6.45, 7) is 4.42. The van der Waals surface area contributed by atoms with E-state index in [0.29, 0.717) is 12.3 Å². The molecule has 1 aliphatic heterocycles. The van der Waals surface area contributed by atoms with E-state index in [2.05, 4.69) is 4.98 Å². The molecular formula is C12H17N2O4P. The Bertz CT molecular complexity index is 482. The van der Waals surface area contributed by atoms with E-state index in [0.717, 1.165) is 5.56 Å². The van der Waals surface area contributed by atoms with Gasteiger partial charge in [-0.05, 0) is 32.1 Å². The zero-order chi connectivity index (χ0) is 13.7. The van der Waals surface area contributed by atoms with Gasteiger partial charge in [-0.3, -0.25) is 18.9 Å². The normalized spacial score (nSPS) is 15.7. The lowest BCUT2D eigenvalue weighted by atomic mass is 10.2. The van der Waals surface area contributed by atoms with Crippen LogP contribution in [0.2, 0.25) is 0 Å². The molecular weight excluding hydrogens is 267 g/mol. The predicted octanol–water partition coefficient (Wildman–Crippen LogP) is 2.85. The molecule has 0 saturated carbocycles. The summed E-state index contributed by atoms with van der Waals surface area (Å²) in [7, 11) is -3.47. The first-order chi connectivity index (χ1) is 9.21. The molecule has 6 nitrogen and oxygen atoms in total. The minimum atomic E-state index is -3.47. The molecule has 0 aliphatic carbocycles. The number of pyridine rings is 1. The fourth-order valence-corrected chi connectivity index (χ4v) is 3.36. The van der Waals surface area contributed by atoms with Crippen molar-refractivity contribution in [2.24, 2.45) is 0 Å². The molecule has 104 valence electrons. The number of aromatic nitrogens is 1. The van der Waals surface area contributed by atoms with Crippen LogP contribution in [0.4, 0.5) is 0 Å². The second-order valence-corrected chi connectivity index (χ2v) is 5.51. The molecule has 19 heavy (non-hydrogen) atoms. The van der Waals surface area contributed by atoms with E-state index in [4.69, 9.17) is 13.9 Å². The van der Waals surface area contributed by atoms with Crippen LogP contribution in [0, 0.1) is 0 Å². The fourth-order valence-electron chi connectivity index (χ4n) is 1.76. The highest BCUT2D eigenvalue weighted by atomic mass is 31.2. The third kappa shape index (κ3) is 3.04. The van der Waals surface area contributed by atoms with Gasteiger partial charge in [0.15, 0.2) is 0 Å². The SMILES string of the molecule is CCOP(=O)(OCC)N1OCC=C1c1ccncc1. The highest BCUT2D eigenvalue weighted by Crippen LogP contribution is 2.56. The van der Waals surface area contributed by atoms with Gasteiger partial charge >= 0.3 is 7.75 Å². The summed E-state index contributed by atoms with van der Waals surface area (Å²) in [6, 6.07) is 3.63. The Balaban J connectivity index is 2.29. The standard InChI is InChI=1S/C12H17N2O4P/c1-3-17-19(15,18-4-2)14-12(7-10-16-14)11-5-8-13-9-6-11/h5-9H,3-4,10H2,1-2H3. The van der Waals surface area contributed by atoms with E-state index in [-0.39, 0.29) is 13.2 Å². The molecule has 2 rings (SSSR count). The minimum absolute atomic E-state index is 0.279. The van der Waals surface area contributed by atoms with Crippen LogP contribution in [0.3, 0.4) is 0 Å². The maximum absolute atomic E-state index is 12.7. The van der Waals surface area contributed by atoms with Gasteiger partial charge < -0.3 is 0 Å². The van der Waals surface area contributed by atoms with Crippen LogP contribution in [0.15, 0.2) is 30.6 Å². The van der Waals surface area contributed by atoms with Gasteiger partial charge in [0.1, 0.15) is 0 Å². The molecule has 0 aromatic carbocycles. The van der Waals surface area contributed by atoms with Crippen molar-refractivity contribution < 1.29 is 18.5 Å². The van der Waals surface area contributed by atoms with Gasteiger partial charge in [0.25, 0.3) is 0 Å². The molecule has 0 radical (unpaired) electrons. The van der Waals surface area contributed by atoms with Gasteiger partial charge in [-0.2, -0.15) is 4.83 Å². The quantitative estimate of drug-likeness (QED) is 0.749. The van der Waals surface area contributed by atoms with Crippen molar-refractivity contribution in [3.05, 3.63) is 36.2 Å². The van der Waals surface area contributed by atoms with Gasteiger partial charge in [0, 0.05) is 18.0 Å². The number of hydrogen-bond acceptors (Lipinski definition) is 5. The van der Waals surface area contributed by atoms with E-state index < -0.39 is 7.75 Å². The van der Waals surface area contributed by atoms with Crippen molar-refractivity contribution in [3.8, 4) is 0 Å². The van der Waals surface area contributed by atoms with E-state index in [1.165, 1.54) is 4.83 Å². The van der Waals surface area contributed by atoms with E-state index in [9.17, 15) is 4.57 Å². The van der Waals surface area contributed by atoms with Crippen molar-refractivity contribution in [2.75, 3.05) is 19.8 Å². The van der Waals surface area contributed by atoms with Crippen molar-refractivity contribution in [1.82, 2.24) is 9.82 Å². The average Bonchev–Trinajstić information content (AvgIpc) is 2.90. The number of hydroxylamine groups is 1. The number of rotatable bonds is 6. The Kier molecular flexibility index (Phi) is 4.71.